The molecule has 1 aromatic carbocycles. The Morgan fingerprint density at radius 2 is 2.29 bits per heavy atom. The summed E-state index contributed by atoms with van der Waals surface area (Å²) in [7, 11) is 0. The SMILES string of the molecule is CCn1cnnc1CNc1ccc(N)cc1Cl. The van der Waals surface area contributed by atoms with Gasteiger partial charge in [0.2, 0.25) is 0 Å². The third-order valence-corrected chi connectivity index (χ3v) is 2.78. The number of hydrogen-bond acceptors (Lipinski definition) is 4. The maximum atomic E-state index is 6.06. The van der Waals surface area contributed by atoms with Crippen LogP contribution in [-0.4, -0.2) is 14.8 Å². The molecule has 0 saturated carbocycles. The minimum Gasteiger partial charge on any atom is -0.399 e. The van der Waals surface area contributed by atoms with Gasteiger partial charge in [0.15, 0.2) is 5.82 Å². The summed E-state index contributed by atoms with van der Waals surface area (Å²) in [4.78, 5) is 0. The normalized spacial score (nSPS) is 10.5. The maximum absolute atomic E-state index is 6.06. The zero-order valence-electron chi connectivity index (χ0n) is 9.52. The van der Waals surface area contributed by atoms with E-state index in [2.05, 4.69) is 15.5 Å². The smallest absolute Gasteiger partial charge is 0.152 e. The summed E-state index contributed by atoms with van der Waals surface area (Å²) < 4.78 is 1.97. The molecule has 0 fully saturated rings. The Morgan fingerprint density at radius 1 is 1.47 bits per heavy atom. The van der Waals surface area contributed by atoms with E-state index in [9.17, 15) is 0 Å². The van der Waals surface area contributed by atoms with Gasteiger partial charge in [-0.25, -0.2) is 0 Å². The van der Waals surface area contributed by atoms with Crippen LogP contribution in [0.5, 0.6) is 0 Å². The van der Waals surface area contributed by atoms with E-state index in [1.165, 1.54) is 0 Å². The standard InChI is InChI=1S/C11H14ClN5/c1-2-17-7-15-16-11(17)6-14-10-4-3-8(13)5-9(10)12/h3-5,7,14H,2,6,13H2,1H3. The van der Waals surface area contributed by atoms with Crippen molar-refractivity contribution in [2.75, 3.05) is 11.1 Å². The molecule has 3 N–H and O–H groups in total. The summed E-state index contributed by atoms with van der Waals surface area (Å²) in [5.41, 5.74) is 7.11. The molecule has 1 aromatic heterocycles. The van der Waals surface area contributed by atoms with E-state index in [1.54, 1.807) is 18.5 Å². The second kappa shape index (κ2) is 5.05. The number of hydrogen-bond donors (Lipinski definition) is 2. The Kier molecular flexibility index (Phi) is 3.49. The number of nitrogens with two attached hydrogens (primary N) is 1. The van der Waals surface area contributed by atoms with Crippen molar-refractivity contribution in [2.24, 2.45) is 0 Å². The lowest BCUT2D eigenvalue weighted by atomic mass is 10.3. The van der Waals surface area contributed by atoms with E-state index in [4.69, 9.17) is 17.3 Å². The topological polar surface area (TPSA) is 68.8 Å². The molecule has 0 spiro atoms. The first kappa shape index (κ1) is 11.7. The van der Waals surface area contributed by atoms with Gasteiger partial charge in [0.05, 0.1) is 17.3 Å². The van der Waals surface area contributed by atoms with Crippen molar-refractivity contribution in [1.29, 1.82) is 0 Å². The van der Waals surface area contributed by atoms with Gasteiger partial charge < -0.3 is 15.6 Å². The lowest BCUT2D eigenvalue weighted by molar-refractivity contribution is 0.708. The largest absolute Gasteiger partial charge is 0.399 e. The van der Waals surface area contributed by atoms with Crippen molar-refractivity contribution in [2.45, 2.75) is 20.0 Å². The number of aromatic nitrogens is 3. The van der Waals surface area contributed by atoms with Crippen LogP contribution in [0, 0.1) is 0 Å². The fourth-order valence-electron chi connectivity index (χ4n) is 1.53. The molecule has 0 bridgehead atoms. The second-order valence-corrected chi connectivity index (χ2v) is 4.03. The van der Waals surface area contributed by atoms with Crippen LogP contribution in [0.25, 0.3) is 0 Å². The fraction of sp³-hybridized carbons (Fsp3) is 0.273. The van der Waals surface area contributed by atoms with Crippen LogP contribution in [0.3, 0.4) is 0 Å². The molecule has 0 aliphatic rings. The Morgan fingerprint density at radius 3 is 3.00 bits per heavy atom. The van der Waals surface area contributed by atoms with Crippen LogP contribution >= 0.6 is 11.6 Å². The predicted octanol–water partition coefficient (Wildman–Crippen LogP) is 2.15. The Labute approximate surface area is 105 Å². The van der Waals surface area contributed by atoms with Gasteiger partial charge in [-0.2, -0.15) is 0 Å². The Hall–Kier alpha value is -1.75. The van der Waals surface area contributed by atoms with Crippen LogP contribution in [0.1, 0.15) is 12.7 Å². The summed E-state index contributed by atoms with van der Waals surface area (Å²) in [6.45, 7) is 3.47. The molecule has 6 heteroatoms. The minimum absolute atomic E-state index is 0.581. The summed E-state index contributed by atoms with van der Waals surface area (Å²) in [6.07, 6.45) is 1.71. The van der Waals surface area contributed by atoms with Gasteiger partial charge in [-0.05, 0) is 25.1 Å². The Balaban J connectivity index is 2.07. The van der Waals surface area contributed by atoms with Gasteiger partial charge in [0, 0.05) is 12.2 Å². The molecule has 17 heavy (non-hydrogen) atoms. The van der Waals surface area contributed by atoms with Gasteiger partial charge in [0.25, 0.3) is 0 Å². The zero-order valence-corrected chi connectivity index (χ0v) is 10.3. The minimum atomic E-state index is 0.581. The van der Waals surface area contributed by atoms with Crippen molar-refractivity contribution < 1.29 is 0 Å². The van der Waals surface area contributed by atoms with E-state index in [0.717, 1.165) is 18.1 Å². The number of nitrogen functional groups attached to an aromatic ring is 1. The highest BCUT2D eigenvalue weighted by molar-refractivity contribution is 6.33. The number of aryl methyl sites for hydroxylation is 1. The molecular weight excluding hydrogens is 238 g/mol. The first-order chi connectivity index (χ1) is 8.20. The Bertz CT molecular complexity index is 508. The molecule has 1 heterocycles. The van der Waals surface area contributed by atoms with E-state index < -0.39 is 0 Å². The molecule has 90 valence electrons. The molecule has 0 atom stereocenters. The van der Waals surface area contributed by atoms with Gasteiger partial charge in [-0.3, -0.25) is 0 Å². The van der Waals surface area contributed by atoms with E-state index in [-0.39, 0.29) is 0 Å². The molecule has 2 aromatic rings. The lowest BCUT2D eigenvalue weighted by Gasteiger charge is -2.09. The van der Waals surface area contributed by atoms with E-state index in [1.807, 2.05) is 17.6 Å². The van der Waals surface area contributed by atoms with Crippen LogP contribution in [-0.2, 0) is 13.1 Å². The molecule has 0 unspecified atom stereocenters. The highest BCUT2D eigenvalue weighted by atomic mass is 35.5. The highest BCUT2D eigenvalue weighted by Crippen LogP contribution is 2.24. The number of halogens is 1. The third-order valence-electron chi connectivity index (χ3n) is 2.47. The van der Waals surface area contributed by atoms with Crippen molar-refractivity contribution in [3.05, 3.63) is 35.4 Å². The molecule has 0 amide bonds. The molecular formula is C11H14ClN5. The lowest BCUT2D eigenvalue weighted by Crippen LogP contribution is -2.07. The second-order valence-electron chi connectivity index (χ2n) is 3.63. The molecule has 2 rings (SSSR count). The molecule has 0 aliphatic carbocycles. The number of nitrogens with one attached hydrogen (secondary N) is 1. The summed E-state index contributed by atoms with van der Waals surface area (Å²) in [5.74, 6) is 0.875. The molecule has 5 nitrogen and oxygen atoms in total. The average Bonchev–Trinajstić information content (AvgIpc) is 2.75. The van der Waals surface area contributed by atoms with Crippen molar-refractivity contribution >= 4 is 23.0 Å². The number of benzene rings is 1. The monoisotopic (exact) mass is 251 g/mol. The first-order valence-corrected chi connectivity index (χ1v) is 5.74. The summed E-state index contributed by atoms with van der Waals surface area (Å²) >= 11 is 6.06. The van der Waals surface area contributed by atoms with Gasteiger partial charge in [-0.15, -0.1) is 10.2 Å². The van der Waals surface area contributed by atoms with Gasteiger partial charge in [0.1, 0.15) is 6.33 Å². The fourth-order valence-corrected chi connectivity index (χ4v) is 1.78. The molecule has 0 aliphatic heterocycles. The number of nitrogens with zero attached hydrogens (tertiary/aromatic N) is 3. The zero-order chi connectivity index (χ0) is 12.3. The maximum Gasteiger partial charge on any atom is 0.152 e. The quantitative estimate of drug-likeness (QED) is 0.817. The van der Waals surface area contributed by atoms with Gasteiger partial charge in [-0.1, -0.05) is 11.6 Å². The van der Waals surface area contributed by atoms with Crippen molar-refractivity contribution in [3.8, 4) is 0 Å². The van der Waals surface area contributed by atoms with Crippen LogP contribution in [0.2, 0.25) is 5.02 Å². The molecule has 0 saturated heterocycles. The number of anilines is 2. The van der Waals surface area contributed by atoms with Crippen LogP contribution in [0.4, 0.5) is 11.4 Å². The van der Waals surface area contributed by atoms with E-state index in [0.29, 0.717) is 17.3 Å². The highest BCUT2D eigenvalue weighted by Gasteiger charge is 2.04. The number of rotatable bonds is 4. The van der Waals surface area contributed by atoms with Crippen molar-refractivity contribution in [3.63, 3.8) is 0 Å². The average molecular weight is 252 g/mol. The van der Waals surface area contributed by atoms with Crippen LogP contribution < -0.4 is 11.1 Å². The van der Waals surface area contributed by atoms with Crippen molar-refractivity contribution in [1.82, 2.24) is 14.8 Å². The van der Waals surface area contributed by atoms with Crippen LogP contribution in [0.15, 0.2) is 24.5 Å². The molecule has 0 radical (unpaired) electrons. The third kappa shape index (κ3) is 2.68. The van der Waals surface area contributed by atoms with E-state index >= 15 is 0 Å². The predicted molar refractivity (Wildman–Crippen MR) is 68.9 cm³/mol. The first-order valence-electron chi connectivity index (χ1n) is 5.36. The summed E-state index contributed by atoms with van der Waals surface area (Å²) in [6, 6.07) is 5.37. The van der Waals surface area contributed by atoms with Gasteiger partial charge >= 0.3 is 0 Å². The summed E-state index contributed by atoms with van der Waals surface area (Å²) in [5, 5.41) is 11.7.